The molecule has 1 N–H and O–H groups in total. The van der Waals surface area contributed by atoms with Gasteiger partial charge in [-0.2, -0.15) is 13.2 Å². The number of alkyl halides is 3. The lowest BCUT2D eigenvalue weighted by atomic mass is 9.84. The second-order valence-electron chi connectivity index (χ2n) is 7.70. The van der Waals surface area contributed by atoms with E-state index in [4.69, 9.17) is 0 Å². The Hall–Kier alpha value is -0.290. The molecule has 0 aromatic carbocycles. The number of piperidine rings is 1. The Bertz CT molecular complexity index is 327. The van der Waals surface area contributed by atoms with Crippen LogP contribution in [0.1, 0.15) is 59.3 Å². The Kier molecular flexibility index (Phi) is 5.24. The summed E-state index contributed by atoms with van der Waals surface area (Å²) in [5, 5.41) is 3.51. The quantitative estimate of drug-likeness (QED) is 0.831. The first-order chi connectivity index (χ1) is 9.66. The van der Waals surface area contributed by atoms with Crippen LogP contribution in [0.5, 0.6) is 0 Å². The SMILES string of the molecule is CC(C)(C)N1CCC(N[C@H]2CCC[C@H](C(F)(F)F)C2)CC1. The summed E-state index contributed by atoms with van der Waals surface area (Å²) < 4.78 is 38.5. The van der Waals surface area contributed by atoms with Crippen LogP contribution in [0.2, 0.25) is 0 Å². The van der Waals surface area contributed by atoms with E-state index >= 15 is 0 Å². The number of hydrogen-bond acceptors (Lipinski definition) is 2. The molecule has 1 heterocycles. The molecule has 2 rings (SSSR count). The summed E-state index contributed by atoms with van der Waals surface area (Å²) in [5.74, 6) is -1.10. The molecule has 0 spiro atoms. The van der Waals surface area contributed by atoms with Crippen molar-refractivity contribution in [2.45, 2.75) is 83.1 Å². The fraction of sp³-hybridized carbons (Fsp3) is 1.00. The third kappa shape index (κ3) is 4.85. The lowest BCUT2D eigenvalue weighted by Gasteiger charge is -2.42. The molecule has 2 fully saturated rings. The molecule has 2 nitrogen and oxygen atoms in total. The number of nitrogens with zero attached hydrogens (tertiary/aromatic N) is 1. The van der Waals surface area contributed by atoms with E-state index < -0.39 is 12.1 Å². The third-order valence-electron chi connectivity index (χ3n) is 5.05. The molecule has 0 amide bonds. The molecular weight excluding hydrogens is 277 g/mol. The molecule has 124 valence electrons. The van der Waals surface area contributed by atoms with Crippen molar-refractivity contribution >= 4 is 0 Å². The van der Waals surface area contributed by atoms with E-state index in [-0.39, 0.29) is 18.0 Å². The van der Waals surface area contributed by atoms with Crippen molar-refractivity contribution < 1.29 is 13.2 Å². The van der Waals surface area contributed by atoms with Gasteiger partial charge in [-0.1, -0.05) is 6.42 Å². The largest absolute Gasteiger partial charge is 0.391 e. The molecular formula is C16H29F3N2. The van der Waals surface area contributed by atoms with Crippen LogP contribution in [-0.4, -0.2) is 41.8 Å². The van der Waals surface area contributed by atoms with E-state index in [1.165, 1.54) is 0 Å². The predicted octanol–water partition coefficient (Wildman–Crippen LogP) is 3.96. The van der Waals surface area contributed by atoms with Crippen molar-refractivity contribution in [1.82, 2.24) is 10.2 Å². The Labute approximate surface area is 126 Å². The minimum absolute atomic E-state index is 0.0524. The monoisotopic (exact) mass is 306 g/mol. The summed E-state index contributed by atoms with van der Waals surface area (Å²) in [5.41, 5.74) is 0.192. The minimum Gasteiger partial charge on any atom is -0.311 e. The number of hydrogen-bond donors (Lipinski definition) is 1. The van der Waals surface area contributed by atoms with Crippen molar-refractivity contribution in [3.63, 3.8) is 0 Å². The summed E-state index contributed by atoms with van der Waals surface area (Å²) in [6, 6.07) is 0.442. The second kappa shape index (κ2) is 6.45. The van der Waals surface area contributed by atoms with Crippen molar-refractivity contribution in [1.29, 1.82) is 0 Å². The van der Waals surface area contributed by atoms with E-state index in [1.54, 1.807) is 0 Å². The molecule has 21 heavy (non-hydrogen) atoms. The topological polar surface area (TPSA) is 15.3 Å². The molecule has 0 unspecified atom stereocenters. The number of nitrogens with one attached hydrogen (secondary N) is 1. The van der Waals surface area contributed by atoms with Gasteiger partial charge in [0.15, 0.2) is 0 Å². The van der Waals surface area contributed by atoms with Crippen LogP contribution in [0.25, 0.3) is 0 Å². The van der Waals surface area contributed by atoms with Crippen LogP contribution in [0.15, 0.2) is 0 Å². The van der Waals surface area contributed by atoms with E-state index in [0.29, 0.717) is 18.9 Å². The lowest BCUT2D eigenvalue weighted by Crippen LogP contribution is -2.52. The molecule has 5 heteroatoms. The molecule has 0 aromatic rings. The van der Waals surface area contributed by atoms with Gasteiger partial charge in [-0.05, 0) is 52.9 Å². The first-order valence-corrected chi connectivity index (χ1v) is 8.24. The van der Waals surface area contributed by atoms with E-state index in [9.17, 15) is 13.2 Å². The van der Waals surface area contributed by atoms with E-state index in [1.807, 2.05) is 0 Å². The highest BCUT2D eigenvalue weighted by Gasteiger charge is 2.42. The van der Waals surface area contributed by atoms with Gasteiger partial charge in [0, 0.05) is 30.7 Å². The van der Waals surface area contributed by atoms with Crippen LogP contribution in [0, 0.1) is 5.92 Å². The van der Waals surface area contributed by atoms with Gasteiger partial charge in [0.05, 0.1) is 5.92 Å². The third-order valence-corrected chi connectivity index (χ3v) is 5.05. The molecule has 2 aliphatic rings. The molecule has 0 aromatic heterocycles. The van der Waals surface area contributed by atoms with E-state index in [2.05, 4.69) is 31.0 Å². The smallest absolute Gasteiger partial charge is 0.311 e. The average molecular weight is 306 g/mol. The van der Waals surface area contributed by atoms with Crippen molar-refractivity contribution in [2.24, 2.45) is 5.92 Å². The lowest BCUT2D eigenvalue weighted by molar-refractivity contribution is -0.184. The molecule has 1 saturated carbocycles. The molecule has 1 saturated heterocycles. The summed E-state index contributed by atoms with van der Waals surface area (Å²) in [7, 11) is 0. The van der Waals surface area contributed by atoms with Gasteiger partial charge in [0.25, 0.3) is 0 Å². The maximum Gasteiger partial charge on any atom is 0.391 e. The number of halogens is 3. The fourth-order valence-electron chi connectivity index (χ4n) is 3.69. The first-order valence-electron chi connectivity index (χ1n) is 8.24. The zero-order valence-corrected chi connectivity index (χ0v) is 13.5. The van der Waals surface area contributed by atoms with Crippen LogP contribution in [0.3, 0.4) is 0 Å². The highest BCUT2D eigenvalue weighted by molar-refractivity contribution is 4.88. The predicted molar refractivity (Wildman–Crippen MR) is 79.3 cm³/mol. The van der Waals surface area contributed by atoms with Crippen LogP contribution in [-0.2, 0) is 0 Å². The van der Waals surface area contributed by atoms with Gasteiger partial charge in [-0.15, -0.1) is 0 Å². The van der Waals surface area contributed by atoms with Gasteiger partial charge < -0.3 is 5.32 Å². The number of rotatable bonds is 2. The summed E-state index contributed by atoms with van der Waals surface area (Å²) in [4.78, 5) is 2.46. The fourth-order valence-corrected chi connectivity index (χ4v) is 3.69. The first kappa shape index (κ1) is 17.1. The van der Waals surface area contributed by atoms with Gasteiger partial charge in [0.1, 0.15) is 0 Å². The summed E-state index contributed by atoms with van der Waals surface area (Å²) >= 11 is 0. The Morgan fingerprint density at radius 1 is 0.905 bits per heavy atom. The zero-order chi connectivity index (χ0) is 15.7. The highest BCUT2D eigenvalue weighted by atomic mass is 19.4. The van der Waals surface area contributed by atoms with Crippen LogP contribution in [0.4, 0.5) is 13.2 Å². The Morgan fingerprint density at radius 2 is 1.52 bits per heavy atom. The summed E-state index contributed by atoms with van der Waals surface area (Å²) in [6.45, 7) is 8.73. The maximum atomic E-state index is 12.8. The van der Waals surface area contributed by atoms with Gasteiger partial charge >= 0.3 is 6.18 Å². The van der Waals surface area contributed by atoms with E-state index in [0.717, 1.165) is 32.4 Å². The van der Waals surface area contributed by atoms with Crippen molar-refractivity contribution in [2.75, 3.05) is 13.1 Å². The molecule has 0 bridgehead atoms. The zero-order valence-electron chi connectivity index (χ0n) is 13.5. The second-order valence-corrected chi connectivity index (χ2v) is 7.70. The van der Waals surface area contributed by atoms with Crippen LogP contribution < -0.4 is 5.32 Å². The minimum atomic E-state index is -4.02. The average Bonchev–Trinajstić information content (AvgIpc) is 2.37. The molecule has 1 aliphatic heterocycles. The van der Waals surface area contributed by atoms with Crippen molar-refractivity contribution in [3.05, 3.63) is 0 Å². The van der Waals surface area contributed by atoms with Gasteiger partial charge in [-0.25, -0.2) is 0 Å². The highest BCUT2D eigenvalue weighted by Crippen LogP contribution is 2.37. The summed E-state index contributed by atoms with van der Waals surface area (Å²) in [6.07, 6.45) is 0.243. The van der Waals surface area contributed by atoms with Gasteiger partial charge in [0.2, 0.25) is 0 Å². The normalized spacial score (nSPS) is 30.6. The molecule has 2 atom stereocenters. The van der Waals surface area contributed by atoms with Gasteiger partial charge in [-0.3, -0.25) is 4.90 Å². The maximum absolute atomic E-state index is 12.8. The number of likely N-dealkylation sites (tertiary alicyclic amines) is 1. The standard InChI is InChI=1S/C16H29F3N2/c1-15(2,3)21-9-7-13(8-10-21)20-14-6-4-5-12(11-14)16(17,18)19/h12-14,20H,4-11H2,1-3H3/t12-,14-/m0/s1. The van der Waals surface area contributed by atoms with Crippen molar-refractivity contribution in [3.8, 4) is 0 Å². The molecule has 0 radical (unpaired) electrons. The Morgan fingerprint density at radius 3 is 2.05 bits per heavy atom. The Balaban J connectivity index is 1.78. The van der Waals surface area contributed by atoms with Crippen LogP contribution >= 0.6 is 0 Å². The molecule has 1 aliphatic carbocycles.